The maximum absolute atomic E-state index is 12.9. The molecule has 1 aromatic rings. The molecule has 2 saturated heterocycles. The number of hydrogen-bond acceptors (Lipinski definition) is 8. The van der Waals surface area contributed by atoms with Crippen molar-refractivity contribution in [1.82, 2.24) is 15.2 Å². The molecule has 12 nitrogen and oxygen atoms in total. The van der Waals surface area contributed by atoms with Gasteiger partial charge in [-0.1, -0.05) is 6.92 Å². The number of nitrogens with zero attached hydrogens (tertiary/aromatic N) is 3. The number of likely N-dealkylation sites (tertiary alicyclic amines) is 1. The molecule has 0 aliphatic carbocycles. The number of hydrogen-bond donors (Lipinski definition) is 4. The van der Waals surface area contributed by atoms with Crippen LogP contribution in [0.5, 0.6) is 0 Å². The zero-order chi connectivity index (χ0) is 25.6. The van der Waals surface area contributed by atoms with Crippen molar-refractivity contribution < 1.29 is 39.2 Å². The molecule has 0 saturated carbocycles. The number of anilines is 1. The molecule has 1 unspecified atom stereocenters. The first-order chi connectivity index (χ1) is 16.3. The Morgan fingerprint density at radius 2 is 1.82 bits per heavy atom. The second kappa shape index (κ2) is 14.8. The predicted octanol–water partition coefficient (Wildman–Crippen LogP) is 0.767. The number of carbonyl (C=O) groups is 4. The van der Waals surface area contributed by atoms with Gasteiger partial charge in [-0.15, -0.1) is 0 Å². The molecule has 0 bridgehead atoms. The SMILES string of the molecule is CCN1CCCC1CNC(=O)C1(OC)CCN(c2ccc(C(=O)O)cn2)CC1.O=CO.O=CO. The van der Waals surface area contributed by atoms with E-state index in [2.05, 4.69) is 27.0 Å². The van der Waals surface area contributed by atoms with E-state index in [1.165, 1.54) is 12.6 Å². The number of piperidine rings is 1. The largest absolute Gasteiger partial charge is 0.483 e. The van der Waals surface area contributed by atoms with Crippen LogP contribution in [0.15, 0.2) is 18.3 Å². The van der Waals surface area contributed by atoms with Crippen LogP contribution < -0.4 is 10.2 Å². The van der Waals surface area contributed by atoms with Gasteiger partial charge in [-0.25, -0.2) is 9.78 Å². The van der Waals surface area contributed by atoms with Crippen molar-refractivity contribution >= 4 is 30.6 Å². The van der Waals surface area contributed by atoms with Gasteiger partial charge in [0.1, 0.15) is 11.4 Å². The third-order valence-corrected chi connectivity index (χ3v) is 6.10. The molecule has 0 radical (unpaired) electrons. The second-order valence-electron chi connectivity index (χ2n) is 7.74. The molecule has 34 heavy (non-hydrogen) atoms. The van der Waals surface area contributed by atoms with Gasteiger partial charge < -0.3 is 30.3 Å². The van der Waals surface area contributed by atoms with E-state index >= 15 is 0 Å². The Kier molecular flexibility index (Phi) is 12.5. The molecule has 3 heterocycles. The van der Waals surface area contributed by atoms with Crippen molar-refractivity contribution in [1.29, 1.82) is 0 Å². The number of ether oxygens (including phenoxy) is 1. The van der Waals surface area contributed by atoms with Crippen LogP contribution in [-0.4, -0.2) is 102 Å². The summed E-state index contributed by atoms with van der Waals surface area (Å²) >= 11 is 0. The van der Waals surface area contributed by atoms with E-state index in [9.17, 15) is 9.59 Å². The molecule has 190 valence electrons. The summed E-state index contributed by atoms with van der Waals surface area (Å²) in [6.07, 6.45) is 4.82. The van der Waals surface area contributed by atoms with Gasteiger partial charge in [0.25, 0.3) is 18.9 Å². The van der Waals surface area contributed by atoms with Gasteiger partial charge in [-0.2, -0.15) is 0 Å². The predicted molar refractivity (Wildman–Crippen MR) is 123 cm³/mol. The van der Waals surface area contributed by atoms with Crippen LogP contribution in [0.3, 0.4) is 0 Å². The van der Waals surface area contributed by atoms with Gasteiger partial charge >= 0.3 is 5.97 Å². The molecule has 1 aromatic heterocycles. The molecule has 1 atom stereocenters. The number of amides is 1. The maximum atomic E-state index is 12.9. The highest BCUT2D eigenvalue weighted by atomic mass is 16.5. The minimum absolute atomic E-state index is 0.0354. The summed E-state index contributed by atoms with van der Waals surface area (Å²) < 4.78 is 5.69. The van der Waals surface area contributed by atoms with E-state index in [0.717, 1.165) is 25.3 Å². The zero-order valence-electron chi connectivity index (χ0n) is 19.6. The first-order valence-corrected chi connectivity index (χ1v) is 11.0. The van der Waals surface area contributed by atoms with E-state index in [1.54, 1.807) is 19.2 Å². The number of nitrogens with one attached hydrogen (secondary N) is 1. The Morgan fingerprint density at radius 1 is 1.21 bits per heavy atom. The average molecular weight is 483 g/mol. The van der Waals surface area contributed by atoms with E-state index in [0.29, 0.717) is 38.5 Å². The van der Waals surface area contributed by atoms with Gasteiger partial charge in [-0.05, 0) is 38.1 Å². The summed E-state index contributed by atoms with van der Waals surface area (Å²) in [6.45, 7) is 5.70. The van der Waals surface area contributed by atoms with Gasteiger partial charge in [0.15, 0.2) is 0 Å². The van der Waals surface area contributed by atoms with Crippen LogP contribution in [0, 0.1) is 0 Å². The Morgan fingerprint density at radius 3 is 2.29 bits per heavy atom. The summed E-state index contributed by atoms with van der Waals surface area (Å²) in [6, 6.07) is 3.68. The Bertz CT molecular complexity index is 776. The topological polar surface area (TPSA) is 170 Å². The van der Waals surface area contributed by atoms with Crippen LogP contribution in [-0.2, 0) is 19.1 Å². The number of carboxylic acids is 1. The molecule has 2 aliphatic rings. The van der Waals surface area contributed by atoms with Crippen molar-refractivity contribution in [2.75, 3.05) is 44.7 Å². The van der Waals surface area contributed by atoms with Crippen LogP contribution in [0.2, 0.25) is 0 Å². The number of aromatic nitrogens is 1. The van der Waals surface area contributed by atoms with Gasteiger partial charge in [0, 0.05) is 51.8 Å². The Labute approximate surface area is 198 Å². The fraction of sp³-hybridized carbons (Fsp3) is 0.591. The lowest BCUT2D eigenvalue weighted by atomic mass is 9.90. The number of carboxylic acid groups (broad SMARTS) is 3. The van der Waals surface area contributed by atoms with E-state index in [4.69, 9.17) is 29.6 Å². The molecule has 0 aromatic carbocycles. The van der Waals surface area contributed by atoms with Gasteiger partial charge in [0.2, 0.25) is 0 Å². The number of carbonyl (C=O) groups excluding carboxylic acids is 1. The lowest BCUT2D eigenvalue weighted by Crippen LogP contribution is -2.56. The van der Waals surface area contributed by atoms with Crippen LogP contribution in [0.25, 0.3) is 0 Å². The van der Waals surface area contributed by atoms with Crippen molar-refractivity contribution in [3.63, 3.8) is 0 Å². The third kappa shape index (κ3) is 7.96. The smallest absolute Gasteiger partial charge is 0.337 e. The molecule has 2 fully saturated rings. The number of rotatable bonds is 7. The highest BCUT2D eigenvalue weighted by Gasteiger charge is 2.42. The van der Waals surface area contributed by atoms with E-state index < -0.39 is 11.6 Å². The summed E-state index contributed by atoms with van der Waals surface area (Å²) in [7, 11) is 1.60. The first kappa shape index (κ1) is 28.8. The molecule has 4 N–H and O–H groups in total. The number of aromatic carboxylic acids is 1. The number of methoxy groups -OCH3 is 1. The van der Waals surface area contributed by atoms with Gasteiger partial charge in [-0.3, -0.25) is 19.3 Å². The summed E-state index contributed by atoms with van der Waals surface area (Å²) in [5.74, 6) is -0.303. The molecule has 0 spiro atoms. The van der Waals surface area contributed by atoms with Crippen LogP contribution >= 0.6 is 0 Å². The summed E-state index contributed by atoms with van der Waals surface area (Å²) in [4.78, 5) is 49.3. The normalized spacial score (nSPS) is 19.0. The van der Waals surface area contributed by atoms with Crippen molar-refractivity contribution in [3.8, 4) is 0 Å². The number of likely N-dealkylation sites (N-methyl/N-ethyl adjacent to an activating group) is 1. The van der Waals surface area contributed by atoms with Crippen LogP contribution in [0.1, 0.15) is 43.0 Å². The molecular formula is C22H34N4O8. The lowest BCUT2D eigenvalue weighted by molar-refractivity contribution is -0.146. The molecular weight excluding hydrogens is 448 g/mol. The van der Waals surface area contributed by atoms with E-state index in [-0.39, 0.29) is 24.4 Å². The third-order valence-electron chi connectivity index (χ3n) is 6.10. The highest BCUT2D eigenvalue weighted by molar-refractivity contribution is 5.87. The Hall–Kier alpha value is -3.25. The van der Waals surface area contributed by atoms with Crippen molar-refractivity contribution in [3.05, 3.63) is 23.9 Å². The van der Waals surface area contributed by atoms with Crippen molar-refractivity contribution in [2.24, 2.45) is 0 Å². The van der Waals surface area contributed by atoms with Crippen LogP contribution in [0.4, 0.5) is 5.82 Å². The zero-order valence-corrected chi connectivity index (χ0v) is 19.6. The Balaban J connectivity index is 0.000000872. The standard InChI is InChI=1S/C20H30N4O4.2CH2O2/c1-3-23-10-4-5-16(23)14-22-19(27)20(28-2)8-11-24(12-9-20)17-7-6-15(13-21-17)18(25)26;2*2-1-3/h6-7,13,16H,3-5,8-12,14H2,1-2H3,(H,22,27)(H,25,26);2*1H,(H,2,3). The lowest BCUT2D eigenvalue weighted by Gasteiger charge is -2.40. The molecule has 3 rings (SSSR count). The second-order valence-corrected chi connectivity index (χ2v) is 7.74. The maximum Gasteiger partial charge on any atom is 0.337 e. The minimum atomic E-state index is -0.989. The number of pyridine rings is 1. The monoisotopic (exact) mass is 482 g/mol. The quantitative estimate of drug-likeness (QED) is 0.405. The van der Waals surface area contributed by atoms with E-state index in [1.807, 2.05) is 0 Å². The fourth-order valence-corrected chi connectivity index (χ4v) is 4.23. The molecule has 2 aliphatic heterocycles. The fourth-order valence-electron chi connectivity index (χ4n) is 4.23. The van der Waals surface area contributed by atoms with Gasteiger partial charge in [0.05, 0.1) is 5.56 Å². The van der Waals surface area contributed by atoms with Crippen molar-refractivity contribution in [2.45, 2.75) is 44.2 Å². The minimum Gasteiger partial charge on any atom is -0.483 e. The average Bonchev–Trinajstić information content (AvgIpc) is 3.31. The first-order valence-electron chi connectivity index (χ1n) is 11.0. The summed E-state index contributed by atoms with van der Waals surface area (Å²) in [5.41, 5.74) is -0.646. The highest BCUT2D eigenvalue weighted by Crippen LogP contribution is 2.29. The molecule has 12 heteroatoms. The molecule has 1 amide bonds. The summed E-state index contributed by atoms with van der Waals surface area (Å²) in [5, 5.41) is 25.9.